The Bertz CT molecular complexity index is 909. The molecule has 1 saturated heterocycles. The van der Waals surface area contributed by atoms with E-state index in [1.165, 1.54) is 38.0 Å². The maximum Gasteiger partial charge on any atom is 0.258 e. The van der Waals surface area contributed by atoms with E-state index in [0.717, 1.165) is 12.1 Å². The smallest absolute Gasteiger partial charge is 0.258 e. The van der Waals surface area contributed by atoms with Crippen molar-refractivity contribution in [1.82, 2.24) is 4.90 Å². The van der Waals surface area contributed by atoms with Gasteiger partial charge in [-0.05, 0) is 18.2 Å². The van der Waals surface area contributed by atoms with E-state index in [1.54, 1.807) is 12.1 Å². The Hall–Kier alpha value is -2.55. The normalized spacial score (nSPS) is 16.2. The summed E-state index contributed by atoms with van der Waals surface area (Å²) in [5.41, 5.74) is 0.102. The van der Waals surface area contributed by atoms with E-state index in [-0.39, 0.29) is 0 Å². The van der Waals surface area contributed by atoms with Crippen molar-refractivity contribution < 1.29 is 32.2 Å². The number of amides is 1. The van der Waals surface area contributed by atoms with Gasteiger partial charge in [0.05, 0.1) is 26.9 Å². The van der Waals surface area contributed by atoms with Gasteiger partial charge in [-0.15, -0.1) is 11.8 Å². The Balaban J connectivity index is 2.02. The maximum absolute atomic E-state index is 14.1. The van der Waals surface area contributed by atoms with Crippen LogP contribution in [-0.2, 0) is 0 Å². The maximum atomic E-state index is 14.1. The molecule has 1 amide bonds. The minimum absolute atomic E-state index is 0.310. The van der Waals surface area contributed by atoms with Crippen LogP contribution in [0.3, 0.4) is 0 Å². The Kier molecular flexibility index (Phi) is 5.93. The van der Waals surface area contributed by atoms with Gasteiger partial charge in [-0.25, -0.2) is 13.2 Å². The molecule has 0 saturated carbocycles. The number of thioether (sulfide) groups is 1. The minimum Gasteiger partial charge on any atom is -0.496 e. The predicted octanol–water partition coefficient (Wildman–Crippen LogP) is 4.02. The van der Waals surface area contributed by atoms with Gasteiger partial charge in [-0.2, -0.15) is 0 Å². The lowest BCUT2D eigenvalue weighted by atomic mass is 10.1. The lowest BCUT2D eigenvalue weighted by Gasteiger charge is -2.26. The highest BCUT2D eigenvalue weighted by Gasteiger charge is 2.35. The van der Waals surface area contributed by atoms with Crippen LogP contribution in [-0.4, -0.2) is 44.4 Å². The Morgan fingerprint density at radius 3 is 2.29 bits per heavy atom. The van der Waals surface area contributed by atoms with Crippen LogP contribution in [0.25, 0.3) is 0 Å². The number of benzene rings is 2. The molecule has 0 aromatic heterocycles. The molecular formula is C19H18F3NO4S. The monoisotopic (exact) mass is 413 g/mol. The Labute approximate surface area is 164 Å². The number of hydrogen-bond acceptors (Lipinski definition) is 5. The molecule has 0 radical (unpaired) electrons. The molecule has 9 heteroatoms. The van der Waals surface area contributed by atoms with Gasteiger partial charge in [0, 0.05) is 23.9 Å². The molecule has 0 N–H and O–H groups in total. The summed E-state index contributed by atoms with van der Waals surface area (Å²) in [7, 11) is 4.45. The van der Waals surface area contributed by atoms with Crippen LogP contribution < -0.4 is 14.2 Å². The Morgan fingerprint density at radius 1 is 1.00 bits per heavy atom. The number of ether oxygens (including phenoxy) is 3. The summed E-state index contributed by atoms with van der Waals surface area (Å²) < 4.78 is 56.9. The quantitative estimate of drug-likeness (QED) is 0.693. The summed E-state index contributed by atoms with van der Waals surface area (Å²) in [6, 6.07) is 5.00. The van der Waals surface area contributed by atoms with Crippen molar-refractivity contribution in [2.24, 2.45) is 0 Å². The third-order valence-corrected chi connectivity index (χ3v) is 5.66. The van der Waals surface area contributed by atoms with E-state index >= 15 is 0 Å². The van der Waals surface area contributed by atoms with Crippen LogP contribution in [0, 0.1) is 17.5 Å². The molecule has 5 nitrogen and oxygen atoms in total. The fourth-order valence-electron chi connectivity index (χ4n) is 3.03. The third-order valence-electron chi connectivity index (χ3n) is 4.42. The first-order valence-electron chi connectivity index (χ1n) is 8.28. The highest BCUT2D eigenvalue weighted by Crippen LogP contribution is 2.46. The van der Waals surface area contributed by atoms with Gasteiger partial charge in [0.1, 0.15) is 11.1 Å². The van der Waals surface area contributed by atoms with Gasteiger partial charge in [0.15, 0.2) is 29.0 Å². The molecule has 3 rings (SSSR count). The molecule has 1 aliphatic heterocycles. The minimum atomic E-state index is -1.67. The Morgan fingerprint density at radius 2 is 1.64 bits per heavy atom. The average Bonchev–Trinajstić information content (AvgIpc) is 3.20. The highest BCUT2D eigenvalue weighted by molar-refractivity contribution is 7.99. The summed E-state index contributed by atoms with van der Waals surface area (Å²) in [5.74, 6) is -3.31. The van der Waals surface area contributed by atoms with Crippen molar-refractivity contribution in [1.29, 1.82) is 0 Å². The van der Waals surface area contributed by atoms with E-state index in [9.17, 15) is 18.0 Å². The van der Waals surface area contributed by atoms with E-state index in [1.807, 2.05) is 0 Å². The lowest BCUT2D eigenvalue weighted by molar-refractivity contribution is 0.0753. The SMILES string of the molecule is COc1cc(OC)c(C2SCCN2C(=O)c2ccc(F)c(F)c2F)cc1OC. The van der Waals surface area contributed by atoms with E-state index in [4.69, 9.17) is 14.2 Å². The van der Waals surface area contributed by atoms with Gasteiger partial charge in [-0.3, -0.25) is 4.79 Å². The number of carbonyl (C=O) groups excluding carboxylic acids is 1. The molecule has 150 valence electrons. The largest absolute Gasteiger partial charge is 0.496 e. The first kappa shape index (κ1) is 20.2. The molecule has 1 heterocycles. The molecule has 0 aliphatic carbocycles. The lowest BCUT2D eigenvalue weighted by Crippen LogP contribution is -2.31. The van der Waals surface area contributed by atoms with E-state index in [2.05, 4.69) is 0 Å². The van der Waals surface area contributed by atoms with Crippen LogP contribution in [0.5, 0.6) is 17.2 Å². The topological polar surface area (TPSA) is 48.0 Å². The second-order valence-electron chi connectivity index (χ2n) is 5.89. The molecule has 2 aromatic carbocycles. The predicted molar refractivity (Wildman–Crippen MR) is 98.6 cm³/mol. The number of carbonyl (C=O) groups is 1. The fourth-order valence-corrected chi connectivity index (χ4v) is 4.30. The van der Waals surface area contributed by atoms with Crippen LogP contribution in [0.15, 0.2) is 24.3 Å². The van der Waals surface area contributed by atoms with Gasteiger partial charge in [0.25, 0.3) is 5.91 Å². The number of methoxy groups -OCH3 is 3. The molecule has 0 spiro atoms. The summed E-state index contributed by atoms with van der Waals surface area (Å²) in [6.45, 7) is 0.310. The van der Waals surface area contributed by atoms with Crippen molar-refractivity contribution >= 4 is 17.7 Å². The van der Waals surface area contributed by atoms with Crippen LogP contribution >= 0.6 is 11.8 Å². The van der Waals surface area contributed by atoms with Crippen molar-refractivity contribution in [2.45, 2.75) is 5.37 Å². The summed E-state index contributed by atoms with van der Waals surface area (Å²) in [6.07, 6.45) is 0. The second-order valence-corrected chi connectivity index (χ2v) is 7.08. The number of halogens is 3. The average molecular weight is 413 g/mol. The van der Waals surface area contributed by atoms with Gasteiger partial charge >= 0.3 is 0 Å². The zero-order valence-electron chi connectivity index (χ0n) is 15.4. The van der Waals surface area contributed by atoms with Crippen LogP contribution in [0.1, 0.15) is 21.3 Å². The fraction of sp³-hybridized carbons (Fsp3) is 0.316. The van der Waals surface area contributed by atoms with Gasteiger partial charge in [0.2, 0.25) is 0 Å². The third kappa shape index (κ3) is 3.46. The van der Waals surface area contributed by atoms with E-state index < -0.39 is 34.3 Å². The van der Waals surface area contributed by atoms with E-state index in [0.29, 0.717) is 35.1 Å². The molecule has 1 unspecified atom stereocenters. The first-order valence-corrected chi connectivity index (χ1v) is 9.33. The molecule has 1 fully saturated rings. The van der Waals surface area contributed by atoms with Crippen LogP contribution in [0.4, 0.5) is 13.2 Å². The van der Waals surface area contributed by atoms with Crippen LogP contribution in [0.2, 0.25) is 0 Å². The number of hydrogen-bond donors (Lipinski definition) is 0. The molecule has 28 heavy (non-hydrogen) atoms. The van der Waals surface area contributed by atoms with Crippen molar-refractivity contribution in [3.63, 3.8) is 0 Å². The molecule has 1 atom stereocenters. The summed E-state index contributed by atoms with van der Waals surface area (Å²) in [5, 5.41) is -0.519. The number of nitrogens with zero attached hydrogens (tertiary/aromatic N) is 1. The van der Waals surface area contributed by atoms with Crippen molar-refractivity contribution in [3.05, 3.63) is 52.8 Å². The second kappa shape index (κ2) is 8.22. The zero-order valence-corrected chi connectivity index (χ0v) is 16.2. The van der Waals surface area contributed by atoms with Gasteiger partial charge in [-0.1, -0.05) is 0 Å². The van der Waals surface area contributed by atoms with Gasteiger partial charge < -0.3 is 19.1 Å². The zero-order chi connectivity index (χ0) is 20.4. The molecule has 2 aromatic rings. The van der Waals surface area contributed by atoms with Crippen molar-refractivity contribution in [3.8, 4) is 17.2 Å². The first-order chi connectivity index (χ1) is 13.4. The molecule has 0 bridgehead atoms. The summed E-state index contributed by atoms with van der Waals surface area (Å²) >= 11 is 1.44. The molecular weight excluding hydrogens is 395 g/mol. The van der Waals surface area contributed by atoms with Crippen molar-refractivity contribution in [2.75, 3.05) is 33.6 Å². The number of rotatable bonds is 5. The molecule has 1 aliphatic rings. The summed E-state index contributed by atoms with van der Waals surface area (Å²) in [4.78, 5) is 14.3. The highest BCUT2D eigenvalue weighted by atomic mass is 32.2. The standard InChI is InChI=1S/C19H18F3NO4S/c1-25-13-9-15(27-3)14(26-2)8-11(13)19-23(6-7-28-19)18(24)10-4-5-12(20)17(22)16(10)21/h4-5,8-9,19H,6-7H2,1-3H3.